The van der Waals surface area contributed by atoms with Gasteiger partial charge in [-0.25, -0.2) is 4.98 Å². The summed E-state index contributed by atoms with van der Waals surface area (Å²) in [5.74, 6) is 1.02. The number of aromatic nitrogens is 3. The van der Waals surface area contributed by atoms with Crippen molar-refractivity contribution in [2.45, 2.75) is 38.0 Å². The Morgan fingerprint density at radius 2 is 1.72 bits per heavy atom. The van der Waals surface area contributed by atoms with Crippen LogP contribution in [0.25, 0.3) is 16.6 Å². The molecule has 5 rings (SSSR count). The molecule has 0 spiro atoms. The molecule has 7 heteroatoms. The van der Waals surface area contributed by atoms with Gasteiger partial charge < -0.3 is 4.57 Å². The zero-order valence-electron chi connectivity index (χ0n) is 17.4. The summed E-state index contributed by atoms with van der Waals surface area (Å²) < 4.78 is 5.45. The minimum atomic E-state index is -0.130. The largest absolute Gasteiger partial charge is 0.316 e. The van der Waals surface area contributed by atoms with E-state index in [-0.39, 0.29) is 11.5 Å². The third kappa shape index (κ3) is 4.24. The number of rotatable bonds is 4. The first kappa shape index (κ1) is 21.3. The highest BCUT2D eigenvalue weighted by Gasteiger charge is 2.22. The summed E-state index contributed by atoms with van der Waals surface area (Å²) in [4.78, 5) is 18.4. The van der Waals surface area contributed by atoms with Gasteiger partial charge in [0.15, 0.2) is 0 Å². The summed E-state index contributed by atoms with van der Waals surface area (Å²) in [6.45, 7) is 0. The highest BCUT2D eigenvalue weighted by Crippen LogP contribution is 2.32. The topological polar surface area (TPSA) is 52.2 Å². The summed E-state index contributed by atoms with van der Waals surface area (Å²) in [6, 6.07) is 17.7. The molecule has 0 N–H and O–H groups in total. The molecule has 32 heavy (non-hydrogen) atoms. The molecule has 0 amide bonds. The molecule has 0 radical (unpaired) electrons. The quantitative estimate of drug-likeness (QED) is 0.266. The van der Waals surface area contributed by atoms with Gasteiger partial charge in [-0.2, -0.15) is 9.78 Å². The molecule has 1 saturated carbocycles. The van der Waals surface area contributed by atoms with Gasteiger partial charge in [0, 0.05) is 26.7 Å². The number of fused-ring (bicyclic) bond motifs is 1. The van der Waals surface area contributed by atoms with Crippen LogP contribution < -0.4 is 5.56 Å². The smallest absolute Gasteiger partial charge is 0.282 e. The number of benzene rings is 2. The lowest BCUT2D eigenvalue weighted by Crippen LogP contribution is -2.25. The highest BCUT2D eigenvalue weighted by molar-refractivity contribution is 9.10. The summed E-state index contributed by atoms with van der Waals surface area (Å²) in [6.07, 6.45) is 9.39. The van der Waals surface area contributed by atoms with Crippen molar-refractivity contribution in [3.05, 3.63) is 91.6 Å². The molecule has 0 atom stereocenters. The van der Waals surface area contributed by atoms with Crippen LogP contribution in [0.3, 0.4) is 0 Å². The van der Waals surface area contributed by atoms with E-state index in [0.29, 0.717) is 5.39 Å². The first-order valence-electron chi connectivity index (χ1n) is 10.8. The third-order valence-electron chi connectivity index (χ3n) is 5.99. The lowest BCUT2D eigenvalue weighted by atomic mass is 9.88. The van der Waals surface area contributed by atoms with Crippen molar-refractivity contribution in [2.24, 2.45) is 5.10 Å². The molecule has 0 aliphatic heterocycles. The van der Waals surface area contributed by atoms with E-state index in [1.54, 1.807) is 6.21 Å². The van der Waals surface area contributed by atoms with E-state index < -0.39 is 0 Å². The minimum Gasteiger partial charge on any atom is -0.316 e. The molecule has 2 heterocycles. The maximum absolute atomic E-state index is 13.5. The molecule has 5 nitrogen and oxygen atoms in total. The molecule has 1 aliphatic carbocycles. The summed E-state index contributed by atoms with van der Waals surface area (Å²) in [7, 11) is 0. The number of halogens is 2. The van der Waals surface area contributed by atoms with Gasteiger partial charge in [0.25, 0.3) is 5.56 Å². The van der Waals surface area contributed by atoms with Crippen LogP contribution in [-0.4, -0.2) is 20.4 Å². The van der Waals surface area contributed by atoms with Crippen LogP contribution in [0.5, 0.6) is 0 Å². The molecule has 1 fully saturated rings. The number of nitrogens with zero attached hydrogens (tertiary/aromatic N) is 4. The van der Waals surface area contributed by atoms with Gasteiger partial charge in [0.05, 0.1) is 22.8 Å². The van der Waals surface area contributed by atoms with Crippen molar-refractivity contribution in [3.63, 3.8) is 0 Å². The Kier molecular flexibility index (Phi) is 6.11. The van der Waals surface area contributed by atoms with Crippen LogP contribution in [0.1, 0.15) is 49.5 Å². The van der Waals surface area contributed by atoms with Gasteiger partial charge in [0.1, 0.15) is 5.82 Å². The Morgan fingerprint density at radius 3 is 2.50 bits per heavy atom. The fourth-order valence-corrected chi connectivity index (χ4v) is 4.98. The average molecular weight is 554 g/mol. The molecule has 0 bridgehead atoms. The molecule has 1 aliphatic rings. The Hall–Kier alpha value is -2.51. The predicted octanol–water partition coefficient (Wildman–Crippen LogP) is 6.64. The van der Waals surface area contributed by atoms with Crippen molar-refractivity contribution < 1.29 is 0 Å². The van der Waals surface area contributed by atoms with Crippen LogP contribution in [-0.2, 0) is 0 Å². The lowest BCUT2D eigenvalue weighted by molar-refractivity contribution is 0.416. The normalized spacial score (nSPS) is 15.1. The van der Waals surface area contributed by atoms with Crippen molar-refractivity contribution in [2.75, 3.05) is 0 Å². The minimum absolute atomic E-state index is 0.130. The second-order valence-corrected chi connectivity index (χ2v) is 9.94. The molecule has 0 unspecified atom stereocenters. The second-order valence-electron chi connectivity index (χ2n) is 8.11. The monoisotopic (exact) mass is 552 g/mol. The van der Waals surface area contributed by atoms with E-state index in [4.69, 9.17) is 4.98 Å². The van der Waals surface area contributed by atoms with E-state index in [9.17, 15) is 4.79 Å². The van der Waals surface area contributed by atoms with Crippen molar-refractivity contribution in [1.29, 1.82) is 0 Å². The van der Waals surface area contributed by atoms with Crippen molar-refractivity contribution >= 4 is 49.0 Å². The molecular weight excluding hydrogens is 532 g/mol. The van der Waals surface area contributed by atoms with E-state index in [1.807, 2.05) is 65.4 Å². The molecule has 2 aromatic heterocycles. The highest BCUT2D eigenvalue weighted by atomic mass is 79.9. The van der Waals surface area contributed by atoms with E-state index >= 15 is 0 Å². The predicted molar refractivity (Wildman–Crippen MR) is 136 cm³/mol. The summed E-state index contributed by atoms with van der Waals surface area (Å²) in [5, 5.41) is 5.25. The fourth-order valence-electron chi connectivity index (χ4n) is 4.36. The Balaban J connectivity index is 1.61. The third-order valence-corrected chi connectivity index (χ3v) is 7.02. The maximum atomic E-state index is 13.5. The van der Waals surface area contributed by atoms with Gasteiger partial charge in [-0.3, -0.25) is 4.79 Å². The fraction of sp³-hybridized carbons (Fsp3) is 0.240. The Bertz CT molecular complexity index is 1350. The van der Waals surface area contributed by atoms with Gasteiger partial charge >= 0.3 is 0 Å². The zero-order chi connectivity index (χ0) is 22.1. The standard InChI is InChI=1S/C25H22Br2N4O/c26-18-8-11-20(12-9-18)30-14-4-7-21(30)16-28-31-24(17-5-2-1-3-6-17)29-23-13-10-19(27)15-22(23)25(31)32/h4,7-17H,1-3,5-6H2. The molecule has 0 saturated heterocycles. The Morgan fingerprint density at radius 1 is 0.969 bits per heavy atom. The van der Waals surface area contributed by atoms with Crippen molar-refractivity contribution in [1.82, 2.24) is 14.2 Å². The van der Waals surface area contributed by atoms with Crippen LogP contribution in [0, 0.1) is 0 Å². The maximum Gasteiger partial charge on any atom is 0.282 e. The van der Waals surface area contributed by atoms with E-state index in [1.165, 1.54) is 11.1 Å². The first-order chi connectivity index (χ1) is 15.6. The molecule has 2 aromatic carbocycles. The first-order valence-corrected chi connectivity index (χ1v) is 12.4. The molecule has 162 valence electrons. The van der Waals surface area contributed by atoms with Crippen LogP contribution in [0.15, 0.2) is 79.6 Å². The van der Waals surface area contributed by atoms with Crippen LogP contribution >= 0.6 is 31.9 Å². The summed E-state index contributed by atoms with van der Waals surface area (Å²) in [5.41, 5.74) is 2.52. The average Bonchev–Trinajstić information content (AvgIpc) is 3.28. The molecular formula is C25H22Br2N4O. The van der Waals surface area contributed by atoms with E-state index in [0.717, 1.165) is 57.4 Å². The zero-order valence-corrected chi connectivity index (χ0v) is 20.6. The van der Waals surface area contributed by atoms with Crippen molar-refractivity contribution in [3.8, 4) is 5.69 Å². The van der Waals surface area contributed by atoms with Gasteiger partial charge in [-0.1, -0.05) is 51.1 Å². The Labute approximate surface area is 203 Å². The van der Waals surface area contributed by atoms with E-state index in [2.05, 4.69) is 37.0 Å². The van der Waals surface area contributed by atoms with Crippen LogP contribution in [0.2, 0.25) is 0 Å². The van der Waals surface area contributed by atoms with Gasteiger partial charge in [-0.15, -0.1) is 0 Å². The van der Waals surface area contributed by atoms with Crippen LogP contribution in [0.4, 0.5) is 0 Å². The number of hydrogen-bond donors (Lipinski definition) is 0. The number of hydrogen-bond acceptors (Lipinski definition) is 3. The van der Waals surface area contributed by atoms with Gasteiger partial charge in [-0.05, 0) is 67.4 Å². The lowest BCUT2D eigenvalue weighted by Gasteiger charge is -2.22. The second kappa shape index (κ2) is 9.16. The molecule has 4 aromatic rings. The van der Waals surface area contributed by atoms with Gasteiger partial charge in [0.2, 0.25) is 0 Å². The SMILES string of the molecule is O=c1c2cc(Br)ccc2nc(C2CCCCC2)n1N=Cc1cccn1-c1ccc(Br)cc1. The summed E-state index contributed by atoms with van der Waals surface area (Å²) >= 11 is 6.96.